The average molecular weight is 285 g/mol. The number of hydrogen-bond acceptors (Lipinski definition) is 2. The van der Waals surface area contributed by atoms with E-state index < -0.39 is 0 Å². The lowest BCUT2D eigenvalue weighted by atomic mass is 9.62. The van der Waals surface area contributed by atoms with Gasteiger partial charge in [-0.3, -0.25) is 0 Å². The molecule has 1 N–H and O–H groups in total. The van der Waals surface area contributed by atoms with Gasteiger partial charge in [0.15, 0.2) is 0 Å². The van der Waals surface area contributed by atoms with Crippen molar-refractivity contribution in [3.63, 3.8) is 0 Å². The number of aryl methyl sites for hydroxylation is 1. The van der Waals surface area contributed by atoms with Crippen LogP contribution in [-0.2, 0) is 11.8 Å². The molecule has 1 aromatic rings. The summed E-state index contributed by atoms with van der Waals surface area (Å²) in [6, 6.07) is 7.35. The summed E-state index contributed by atoms with van der Waals surface area (Å²) >= 11 is 0. The molecule has 1 aliphatic heterocycles. The molecule has 2 nitrogen and oxygen atoms in total. The van der Waals surface area contributed by atoms with Crippen LogP contribution in [0.15, 0.2) is 18.2 Å². The molecule has 0 bridgehead atoms. The van der Waals surface area contributed by atoms with Gasteiger partial charge in [0.2, 0.25) is 0 Å². The summed E-state index contributed by atoms with van der Waals surface area (Å²) in [5.41, 5.74) is 3.38. The van der Waals surface area contributed by atoms with Gasteiger partial charge in [-0.1, -0.05) is 26.0 Å². The Morgan fingerprint density at radius 1 is 1.33 bits per heavy atom. The van der Waals surface area contributed by atoms with E-state index in [4.69, 9.17) is 4.74 Å². The van der Waals surface area contributed by atoms with Gasteiger partial charge in [-0.25, -0.2) is 0 Å². The van der Waals surface area contributed by atoms with E-state index >= 15 is 0 Å². The molecule has 0 radical (unpaired) electrons. The van der Waals surface area contributed by atoms with E-state index in [0.717, 1.165) is 18.3 Å². The summed E-state index contributed by atoms with van der Waals surface area (Å²) in [4.78, 5) is 0. The number of ether oxygens (including phenoxy) is 1. The van der Waals surface area contributed by atoms with Gasteiger partial charge in [-0.2, -0.15) is 0 Å². The Hall–Kier alpha value is -1.02. The van der Waals surface area contributed by atoms with Crippen molar-refractivity contribution in [2.24, 2.45) is 11.8 Å². The molecule has 3 aliphatic rings. The smallest absolute Gasteiger partial charge is 0.123 e. The van der Waals surface area contributed by atoms with Crippen LogP contribution in [0.4, 0.5) is 0 Å². The lowest BCUT2D eigenvalue weighted by molar-refractivity contribution is 0.0642. The summed E-state index contributed by atoms with van der Waals surface area (Å²) in [5, 5.41) is 3.63. The lowest BCUT2D eigenvalue weighted by Crippen LogP contribution is -2.49. The standard InChI is InChI=1S/C19H27NO/c1-4-13-7-5-9-15-17(13)19-11-12(2)18(20-3)14(19)8-6-10-16(19)21-15/h5,7,9,12,14,16,18,20H,4,6,8,10-11H2,1-3H3. The third-order valence-electron chi connectivity index (χ3n) is 6.49. The highest BCUT2D eigenvalue weighted by Gasteiger charge is 2.62. The molecule has 2 aliphatic carbocycles. The summed E-state index contributed by atoms with van der Waals surface area (Å²) in [6.07, 6.45) is 6.73. The van der Waals surface area contributed by atoms with E-state index in [1.807, 2.05) is 0 Å². The minimum atomic E-state index is 0.285. The Bertz CT molecular complexity index is 554. The summed E-state index contributed by atoms with van der Waals surface area (Å²) in [6.45, 7) is 4.71. The van der Waals surface area contributed by atoms with Crippen molar-refractivity contribution in [1.82, 2.24) is 5.32 Å². The topological polar surface area (TPSA) is 21.3 Å². The van der Waals surface area contributed by atoms with Gasteiger partial charge < -0.3 is 10.1 Å². The Balaban J connectivity index is 1.91. The van der Waals surface area contributed by atoms with Crippen molar-refractivity contribution in [2.75, 3.05) is 7.05 Å². The average Bonchev–Trinajstić information content (AvgIpc) is 2.98. The Labute approximate surface area is 128 Å². The molecule has 4 rings (SSSR count). The zero-order valence-corrected chi connectivity index (χ0v) is 13.5. The van der Waals surface area contributed by atoms with Gasteiger partial charge in [0, 0.05) is 17.0 Å². The molecular weight excluding hydrogens is 258 g/mol. The van der Waals surface area contributed by atoms with Crippen LogP contribution in [0.1, 0.15) is 50.7 Å². The largest absolute Gasteiger partial charge is 0.489 e. The SMILES string of the molecule is CCc1cccc2c1C13CC(C)C(NC)C1CCCC3O2. The molecule has 2 saturated carbocycles. The van der Waals surface area contributed by atoms with Crippen LogP contribution in [0.3, 0.4) is 0 Å². The van der Waals surface area contributed by atoms with E-state index in [0.29, 0.717) is 12.1 Å². The molecule has 0 amide bonds. The van der Waals surface area contributed by atoms with E-state index in [1.54, 1.807) is 5.56 Å². The summed E-state index contributed by atoms with van der Waals surface area (Å²) in [7, 11) is 2.15. The van der Waals surface area contributed by atoms with Gasteiger partial charge in [-0.05, 0) is 62.6 Å². The van der Waals surface area contributed by atoms with E-state index in [2.05, 4.69) is 44.4 Å². The molecule has 1 heterocycles. The highest BCUT2D eigenvalue weighted by Crippen LogP contribution is 2.62. The van der Waals surface area contributed by atoms with Gasteiger partial charge >= 0.3 is 0 Å². The van der Waals surface area contributed by atoms with Crippen LogP contribution in [-0.4, -0.2) is 19.2 Å². The van der Waals surface area contributed by atoms with Gasteiger partial charge in [-0.15, -0.1) is 0 Å². The minimum Gasteiger partial charge on any atom is -0.489 e. The first-order chi connectivity index (χ1) is 10.2. The summed E-state index contributed by atoms with van der Waals surface area (Å²) < 4.78 is 6.47. The molecule has 1 aromatic carbocycles. The zero-order chi connectivity index (χ0) is 14.6. The normalized spacial score (nSPS) is 40.3. The van der Waals surface area contributed by atoms with Gasteiger partial charge in [0.1, 0.15) is 11.9 Å². The third kappa shape index (κ3) is 1.63. The number of rotatable bonds is 2. The highest BCUT2D eigenvalue weighted by atomic mass is 16.5. The lowest BCUT2D eigenvalue weighted by Gasteiger charge is -2.42. The molecule has 1 spiro atoms. The first kappa shape index (κ1) is 13.6. The van der Waals surface area contributed by atoms with Crippen molar-refractivity contribution < 1.29 is 4.74 Å². The van der Waals surface area contributed by atoms with Crippen molar-refractivity contribution in [3.05, 3.63) is 29.3 Å². The molecule has 0 aromatic heterocycles. The monoisotopic (exact) mass is 285 g/mol. The third-order valence-corrected chi connectivity index (χ3v) is 6.49. The molecule has 2 heteroatoms. The fourth-order valence-electron chi connectivity index (χ4n) is 5.87. The first-order valence-corrected chi connectivity index (χ1v) is 8.68. The highest BCUT2D eigenvalue weighted by molar-refractivity contribution is 5.52. The van der Waals surface area contributed by atoms with Crippen molar-refractivity contribution in [2.45, 2.75) is 63.5 Å². The van der Waals surface area contributed by atoms with Crippen LogP contribution >= 0.6 is 0 Å². The van der Waals surface area contributed by atoms with Crippen molar-refractivity contribution in [1.29, 1.82) is 0 Å². The van der Waals surface area contributed by atoms with Crippen molar-refractivity contribution in [3.8, 4) is 5.75 Å². The minimum absolute atomic E-state index is 0.285. The molecule has 21 heavy (non-hydrogen) atoms. The van der Waals surface area contributed by atoms with Crippen LogP contribution in [0.25, 0.3) is 0 Å². The van der Waals surface area contributed by atoms with Crippen LogP contribution in [0.2, 0.25) is 0 Å². The fourth-order valence-corrected chi connectivity index (χ4v) is 5.87. The van der Waals surface area contributed by atoms with E-state index in [9.17, 15) is 0 Å². The quantitative estimate of drug-likeness (QED) is 0.895. The predicted molar refractivity (Wildman–Crippen MR) is 85.9 cm³/mol. The molecule has 5 atom stereocenters. The molecule has 5 unspecified atom stereocenters. The number of benzene rings is 1. The first-order valence-electron chi connectivity index (χ1n) is 8.68. The predicted octanol–water partition coefficient (Wildman–Crippen LogP) is 3.68. The molecule has 0 saturated heterocycles. The molecular formula is C19H27NO. The van der Waals surface area contributed by atoms with E-state index in [-0.39, 0.29) is 5.41 Å². The molecule has 114 valence electrons. The zero-order valence-electron chi connectivity index (χ0n) is 13.5. The van der Waals surface area contributed by atoms with Gasteiger partial charge in [0.05, 0.1) is 0 Å². The maximum Gasteiger partial charge on any atom is 0.123 e. The Kier molecular flexibility index (Phi) is 3.08. The van der Waals surface area contributed by atoms with Crippen LogP contribution < -0.4 is 10.1 Å². The number of fused-ring (bicyclic) bond motifs is 1. The Morgan fingerprint density at radius 2 is 2.19 bits per heavy atom. The van der Waals surface area contributed by atoms with E-state index in [1.165, 1.54) is 37.0 Å². The van der Waals surface area contributed by atoms with Crippen LogP contribution in [0.5, 0.6) is 5.75 Å². The summed E-state index contributed by atoms with van der Waals surface area (Å²) in [5.74, 6) is 2.67. The number of nitrogens with one attached hydrogen (secondary N) is 1. The van der Waals surface area contributed by atoms with Crippen molar-refractivity contribution >= 4 is 0 Å². The van der Waals surface area contributed by atoms with Gasteiger partial charge in [0.25, 0.3) is 0 Å². The maximum atomic E-state index is 6.47. The Morgan fingerprint density at radius 3 is 2.95 bits per heavy atom. The molecule has 2 fully saturated rings. The number of hydrogen-bond donors (Lipinski definition) is 1. The second kappa shape index (κ2) is 4.74. The maximum absolute atomic E-state index is 6.47. The second-order valence-corrected chi connectivity index (χ2v) is 7.32. The fraction of sp³-hybridized carbons (Fsp3) is 0.684. The van der Waals surface area contributed by atoms with Crippen LogP contribution in [0, 0.1) is 11.8 Å². The second-order valence-electron chi connectivity index (χ2n) is 7.32.